The third-order valence-electron chi connectivity index (χ3n) is 5.90. The molecule has 2 atom stereocenters. The number of methoxy groups -OCH3 is 1. The third-order valence-corrected chi connectivity index (χ3v) is 5.90. The van der Waals surface area contributed by atoms with Crippen LogP contribution in [0.3, 0.4) is 0 Å². The zero-order valence-corrected chi connectivity index (χ0v) is 19.2. The van der Waals surface area contributed by atoms with E-state index in [1.165, 1.54) is 6.92 Å². The van der Waals surface area contributed by atoms with Crippen LogP contribution in [0.25, 0.3) is 0 Å². The van der Waals surface area contributed by atoms with Gasteiger partial charge in [0.25, 0.3) is 0 Å². The number of hydrogen-bond acceptors (Lipinski definition) is 4. The lowest BCUT2D eigenvalue weighted by atomic mass is 9.83. The molecule has 0 saturated carbocycles. The first-order valence-corrected chi connectivity index (χ1v) is 11.2. The molecule has 0 bridgehead atoms. The van der Waals surface area contributed by atoms with E-state index in [4.69, 9.17) is 4.74 Å². The first kappa shape index (κ1) is 23.0. The maximum absolute atomic E-state index is 13.5. The van der Waals surface area contributed by atoms with Gasteiger partial charge in [-0.3, -0.25) is 14.4 Å². The molecular weight excluding hydrogens is 430 g/mol. The highest BCUT2D eigenvalue weighted by atomic mass is 16.5. The van der Waals surface area contributed by atoms with E-state index in [-0.39, 0.29) is 24.1 Å². The highest BCUT2D eigenvalue weighted by Crippen LogP contribution is 2.40. The van der Waals surface area contributed by atoms with Gasteiger partial charge in [0.1, 0.15) is 5.75 Å². The number of nitrogens with one attached hydrogen (secondary N) is 2. The van der Waals surface area contributed by atoms with Gasteiger partial charge in [0.2, 0.25) is 17.7 Å². The molecule has 2 N–H and O–H groups in total. The van der Waals surface area contributed by atoms with E-state index in [1.807, 2.05) is 54.6 Å². The van der Waals surface area contributed by atoms with Crippen LogP contribution in [0, 0.1) is 5.92 Å². The number of amides is 3. The Kier molecular flexibility index (Phi) is 6.92. The van der Waals surface area contributed by atoms with Crippen molar-refractivity contribution in [1.29, 1.82) is 0 Å². The van der Waals surface area contributed by atoms with Gasteiger partial charge in [-0.05, 0) is 60.5 Å². The number of benzene rings is 3. The lowest BCUT2D eigenvalue weighted by Crippen LogP contribution is -2.46. The smallest absolute Gasteiger partial charge is 0.229 e. The molecule has 0 unspecified atom stereocenters. The van der Waals surface area contributed by atoms with E-state index < -0.39 is 12.0 Å². The average molecular weight is 458 g/mol. The highest BCUT2D eigenvalue weighted by molar-refractivity contribution is 6.00. The van der Waals surface area contributed by atoms with Crippen LogP contribution in [0.15, 0.2) is 78.9 Å². The average Bonchev–Trinajstić information content (AvgIpc) is 2.85. The molecule has 4 rings (SSSR count). The van der Waals surface area contributed by atoms with Gasteiger partial charge in [0, 0.05) is 30.4 Å². The summed E-state index contributed by atoms with van der Waals surface area (Å²) in [6.07, 6.45) is 0.718. The molecule has 1 aliphatic heterocycles. The molecule has 1 saturated heterocycles. The molecule has 3 amide bonds. The van der Waals surface area contributed by atoms with E-state index >= 15 is 0 Å². The molecule has 0 radical (unpaired) electrons. The van der Waals surface area contributed by atoms with Crippen LogP contribution in [0.1, 0.15) is 31.4 Å². The van der Waals surface area contributed by atoms with Gasteiger partial charge in [-0.2, -0.15) is 0 Å². The second kappa shape index (κ2) is 10.2. The van der Waals surface area contributed by atoms with Gasteiger partial charge in [0.05, 0.1) is 19.1 Å². The number of hydrogen-bond donors (Lipinski definition) is 2. The van der Waals surface area contributed by atoms with Crippen molar-refractivity contribution >= 4 is 34.8 Å². The summed E-state index contributed by atoms with van der Waals surface area (Å²) >= 11 is 0. The summed E-state index contributed by atoms with van der Waals surface area (Å²) in [6.45, 7) is 1.44. The summed E-state index contributed by atoms with van der Waals surface area (Å²) in [7, 11) is 1.59. The van der Waals surface area contributed by atoms with Crippen molar-refractivity contribution < 1.29 is 19.1 Å². The Hall–Kier alpha value is -4.13. The van der Waals surface area contributed by atoms with Gasteiger partial charge in [-0.25, -0.2) is 0 Å². The highest BCUT2D eigenvalue weighted by Gasteiger charge is 2.41. The van der Waals surface area contributed by atoms with Crippen molar-refractivity contribution in [3.05, 3.63) is 84.4 Å². The Morgan fingerprint density at radius 1 is 0.882 bits per heavy atom. The van der Waals surface area contributed by atoms with E-state index in [2.05, 4.69) is 10.6 Å². The largest absolute Gasteiger partial charge is 0.497 e. The predicted octanol–water partition coefficient (Wildman–Crippen LogP) is 4.78. The fourth-order valence-electron chi connectivity index (χ4n) is 4.32. The van der Waals surface area contributed by atoms with E-state index in [0.29, 0.717) is 23.5 Å². The van der Waals surface area contributed by atoms with Crippen LogP contribution >= 0.6 is 0 Å². The minimum absolute atomic E-state index is 0.0253. The van der Waals surface area contributed by atoms with Gasteiger partial charge >= 0.3 is 0 Å². The second-order valence-electron chi connectivity index (χ2n) is 8.21. The molecule has 1 aliphatic rings. The summed E-state index contributed by atoms with van der Waals surface area (Å²) in [6, 6.07) is 23.5. The number of carbonyl (C=O) groups is 3. The van der Waals surface area contributed by atoms with Crippen molar-refractivity contribution in [3.63, 3.8) is 0 Å². The number of piperidine rings is 1. The summed E-state index contributed by atoms with van der Waals surface area (Å²) < 4.78 is 5.26. The van der Waals surface area contributed by atoms with Crippen LogP contribution < -0.4 is 20.3 Å². The second-order valence-corrected chi connectivity index (χ2v) is 8.21. The number of carbonyl (C=O) groups excluding carboxylic acids is 3. The normalized spacial score (nSPS) is 17.7. The van der Waals surface area contributed by atoms with Crippen molar-refractivity contribution in [2.45, 2.75) is 25.8 Å². The van der Waals surface area contributed by atoms with Crippen molar-refractivity contribution in [3.8, 4) is 5.75 Å². The standard InChI is InChI=1S/C27H27N3O4/c1-18(31)28-20-8-10-21(11-9-20)29-27(33)24-16-17-25(32)30(22-12-14-23(34-2)15-13-22)26(24)19-6-4-3-5-7-19/h3-15,24,26H,16-17H2,1-2H3,(H,28,31)(H,29,33)/t24-,26-/m1/s1. The fraction of sp³-hybridized carbons (Fsp3) is 0.222. The van der Waals surface area contributed by atoms with Crippen LogP contribution in [0.5, 0.6) is 5.75 Å². The summed E-state index contributed by atoms with van der Waals surface area (Å²) in [4.78, 5) is 39.5. The number of anilines is 3. The molecular formula is C27H27N3O4. The Morgan fingerprint density at radius 2 is 1.50 bits per heavy atom. The number of ether oxygens (including phenoxy) is 1. The Balaban J connectivity index is 1.64. The zero-order valence-electron chi connectivity index (χ0n) is 19.2. The summed E-state index contributed by atoms with van der Waals surface area (Å²) in [5.74, 6) is -0.0958. The molecule has 1 fully saturated rings. The van der Waals surface area contributed by atoms with Crippen LogP contribution in [0.4, 0.5) is 17.1 Å². The SMILES string of the molecule is COc1ccc(N2C(=O)CC[C@@H](C(=O)Nc3ccc(NC(C)=O)cc3)[C@H]2c2ccccc2)cc1. The van der Waals surface area contributed by atoms with E-state index in [9.17, 15) is 14.4 Å². The van der Waals surface area contributed by atoms with Crippen LogP contribution in [0.2, 0.25) is 0 Å². The molecule has 0 aromatic heterocycles. The number of rotatable bonds is 6. The van der Waals surface area contributed by atoms with E-state index in [0.717, 1.165) is 11.3 Å². The molecule has 1 heterocycles. The quantitative estimate of drug-likeness (QED) is 0.558. The summed E-state index contributed by atoms with van der Waals surface area (Å²) in [5.41, 5.74) is 2.89. The van der Waals surface area contributed by atoms with Gasteiger partial charge < -0.3 is 20.3 Å². The van der Waals surface area contributed by atoms with E-state index in [1.54, 1.807) is 36.3 Å². The monoisotopic (exact) mass is 457 g/mol. The van der Waals surface area contributed by atoms with Gasteiger partial charge in [-0.15, -0.1) is 0 Å². The minimum atomic E-state index is -0.450. The molecule has 3 aromatic carbocycles. The molecule has 7 nitrogen and oxygen atoms in total. The lowest BCUT2D eigenvalue weighted by molar-refractivity contribution is -0.126. The molecule has 7 heteroatoms. The zero-order chi connectivity index (χ0) is 24.1. The molecule has 34 heavy (non-hydrogen) atoms. The lowest BCUT2D eigenvalue weighted by Gasteiger charge is -2.41. The number of nitrogens with zero attached hydrogens (tertiary/aromatic N) is 1. The first-order chi connectivity index (χ1) is 16.5. The molecule has 0 aliphatic carbocycles. The van der Waals surface area contributed by atoms with Crippen molar-refractivity contribution in [2.24, 2.45) is 5.92 Å². The molecule has 3 aromatic rings. The van der Waals surface area contributed by atoms with Gasteiger partial charge in [-0.1, -0.05) is 30.3 Å². The van der Waals surface area contributed by atoms with Crippen molar-refractivity contribution in [1.82, 2.24) is 0 Å². The topological polar surface area (TPSA) is 87.7 Å². The Labute approximate surface area is 198 Å². The maximum atomic E-state index is 13.5. The summed E-state index contributed by atoms with van der Waals surface area (Å²) in [5, 5.41) is 5.70. The Morgan fingerprint density at radius 3 is 2.09 bits per heavy atom. The third kappa shape index (κ3) is 5.09. The van der Waals surface area contributed by atoms with Crippen LogP contribution in [-0.4, -0.2) is 24.8 Å². The maximum Gasteiger partial charge on any atom is 0.229 e. The van der Waals surface area contributed by atoms with Crippen molar-refractivity contribution in [2.75, 3.05) is 22.6 Å². The predicted molar refractivity (Wildman–Crippen MR) is 132 cm³/mol. The fourth-order valence-corrected chi connectivity index (χ4v) is 4.32. The minimum Gasteiger partial charge on any atom is -0.497 e. The molecule has 0 spiro atoms. The van der Waals surface area contributed by atoms with Crippen LogP contribution in [-0.2, 0) is 14.4 Å². The Bertz CT molecular complexity index is 1160. The van der Waals surface area contributed by atoms with Gasteiger partial charge in [0.15, 0.2) is 0 Å². The first-order valence-electron chi connectivity index (χ1n) is 11.2. The molecule has 174 valence electrons.